The molecule has 6 heteroatoms. The predicted molar refractivity (Wildman–Crippen MR) is 75.4 cm³/mol. The Morgan fingerprint density at radius 3 is 2.83 bits per heavy atom. The summed E-state index contributed by atoms with van der Waals surface area (Å²) in [5.41, 5.74) is 0. The van der Waals surface area contributed by atoms with Gasteiger partial charge >= 0.3 is 0 Å². The Morgan fingerprint density at radius 1 is 1.33 bits per heavy atom. The van der Waals surface area contributed by atoms with Crippen LogP contribution >= 0.6 is 11.6 Å². The van der Waals surface area contributed by atoms with Gasteiger partial charge in [-0.1, -0.05) is 24.9 Å². The lowest BCUT2D eigenvalue weighted by Crippen LogP contribution is -2.09. The number of hydrogen-bond donors (Lipinski definition) is 2. The first-order chi connectivity index (χ1) is 8.77. The number of halogens is 1. The summed E-state index contributed by atoms with van der Waals surface area (Å²) in [6, 6.07) is 0. The van der Waals surface area contributed by atoms with Crippen molar-refractivity contribution in [2.24, 2.45) is 0 Å². The fraction of sp³-hybridized carbons (Fsp3) is 0.667. The molecule has 0 bridgehead atoms. The monoisotopic (exact) mass is 272 g/mol. The minimum absolute atomic E-state index is 0.529. The number of ether oxygens (including phenoxy) is 1. The van der Waals surface area contributed by atoms with E-state index in [2.05, 4.69) is 27.5 Å². The average Bonchev–Trinajstić information content (AvgIpc) is 2.39. The highest BCUT2D eigenvalue weighted by molar-refractivity contribution is 6.32. The second-order valence-electron chi connectivity index (χ2n) is 3.89. The molecule has 0 unspecified atom stereocenters. The van der Waals surface area contributed by atoms with Crippen LogP contribution in [0.1, 0.15) is 26.2 Å². The van der Waals surface area contributed by atoms with Crippen molar-refractivity contribution in [2.45, 2.75) is 26.2 Å². The molecule has 0 radical (unpaired) electrons. The van der Waals surface area contributed by atoms with Crippen molar-refractivity contribution in [1.82, 2.24) is 9.97 Å². The number of nitrogens with zero attached hydrogens (tertiary/aromatic N) is 2. The Labute approximate surface area is 113 Å². The number of anilines is 2. The highest BCUT2D eigenvalue weighted by Gasteiger charge is 2.03. The second kappa shape index (κ2) is 8.94. The average molecular weight is 273 g/mol. The molecule has 0 aliphatic rings. The number of unbranched alkanes of at least 4 members (excludes halogenated alkanes) is 1. The van der Waals surface area contributed by atoms with Crippen molar-refractivity contribution in [3.8, 4) is 0 Å². The maximum Gasteiger partial charge on any atom is 0.224 e. The van der Waals surface area contributed by atoms with Crippen molar-refractivity contribution >= 4 is 23.4 Å². The Balaban J connectivity index is 2.22. The second-order valence-corrected chi connectivity index (χ2v) is 4.29. The third kappa shape index (κ3) is 5.51. The van der Waals surface area contributed by atoms with Crippen molar-refractivity contribution in [2.75, 3.05) is 37.4 Å². The van der Waals surface area contributed by atoms with E-state index in [1.54, 1.807) is 13.2 Å². The predicted octanol–water partition coefficient (Wildman–Crippen LogP) is 2.79. The molecule has 0 saturated heterocycles. The van der Waals surface area contributed by atoms with E-state index >= 15 is 0 Å². The van der Waals surface area contributed by atoms with Gasteiger partial charge in [-0.25, -0.2) is 4.98 Å². The van der Waals surface area contributed by atoms with Crippen molar-refractivity contribution < 1.29 is 4.74 Å². The molecule has 0 spiro atoms. The standard InChI is InChI=1S/C12H21ClN4O/c1-3-4-7-18-8-5-6-15-11-10(13)9-16-12(14-2)17-11/h9H,3-8H2,1-2H3,(H2,14,15,16,17). The van der Waals surface area contributed by atoms with Crippen LogP contribution in [-0.4, -0.2) is 36.8 Å². The van der Waals surface area contributed by atoms with E-state index in [0.29, 0.717) is 16.8 Å². The van der Waals surface area contributed by atoms with E-state index < -0.39 is 0 Å². The molecule has 18 heavy (non-hydrogen) atoms. The summed E-state index contributed by atoms with van der Waals surface area (Å²) >= 11 is 5.99. The molecule has 5 nitrogen and oxygen atoms in total. The van der Waals surface area contributed by atoms with Crippen LogP contribution < -0.4 is 10.6 Å². The molecular formula is C12H21ClN4O. The van der Waals surface area contributed by atoms with Gasteiger partial charge < -0.3 is 15.4 Å². The Kier molecular flexibility index (Phi) is 7.44. The van der Waals surface area contributed by atoms with Crippen LogP contribution in [0.25, 0.3) is 0 Å². The molecule has 1 aromatic rings. The summed E-state index contributed by atoms with van der Waals surface area (Å²) in [5, 5.41) is 6.58. The molecule has 102 valence electrons. The summed E-state index contributed by atoms with van der Waals surface area (Å²) in [7, 11) is 1.77. The third-order valence-corrected chi connectivity index (χ3v) is 2.64. The van der Waals surface area contributed by atoms with Crippen LogP contribution in [0.15, 0.2) is 6.20 Å². The number of nitrogens with one attached hydrogen (secondary N) is 2. The molecule has 1 rings (SSSR count). The highest BCUT2D eigenvalue weighted by atomic mass is 35.5. The van der Waals surface area contributed by atoms with Crippen LogP contribution in [0.4, 0.5) is 11.8 Å². The van der Waals surface area contributed by atoms with Gasteiger partial charge in [-0.2, -0.15) is 4.98 Å². The molecule has 0 aliphatic heterocycles. The minimum atomic E-state index is 0.529. The quantitative estimate of drug-likeness (QED) is 0.677. The molecule has 1 aromatic heterocycles. The summed E-state index contributed by atoms with van der Waals surface area (Å²) in [4.78, 5) is 8.25. The molecule has 0 aliphatic carbocycles. The van der Waals surface area contributed by atoms with E-state index in [4.69, 9.17) is 16.3 Å². The Bertz CT molecular complexity index is 349. The summed E-state index contributed by atoms with van der Waals surface area (Å²) in [6.07, 6.45) is 4.80. The normalized spacial score (nSPS) is 10.4. The fourth-order valence-electron chi connectivity index (χ4n) is 1.34. The maximum absolute atomic E-state index is 5.99. The zero-order valence-corrected chi connectivity index (χ0v) is 11.8. The molecule has 1 heterocycles. The minimum Gasteiger partial charge on any atom is -0.381 e. The van der Waals surface area contributed by atoms with E-state index in [-0.39, 0.29) is 0 Å². The topological polar surface area (TPSA) is 59.1 Å². The van der Waals surface area contributed by atoms with Crippen LogP contribution in [0.5, 0.6) is 0 Å². The van der Waals surface area contributed by atoms with Gasteiger partial charge in [-0.3, -0.25) is 0 Å². The van der Waals surface area contributed by atoms with E-state index in [9.17, 15) is 0 Å². The van der Waals surface area contributed by atoms with Crippen LogP contribution in [0.3, 0.4) is 0 Å². The Morgan fingerprint density at radius 2 is 2.11 bits per heavy atom. The van der Waals surface area contributed by atoms with Crippen LogP contribution in [0, 0.1) is 0 Å². The molecule has 2 N–H and O–H groups in total. The van der Waals surface area contributed by atoms with E-state index in [0.717, 1.165) is 32.6 Å². The van der Waals surface area contributed by atoms with Gasteiger partial charge in [0.25, 0.3) is 0 Å². The Hall–Kier alpha value is -1.07. The molecule has 0 aromatic carbocycles. The van der Waals surface area contributed by atoms with Gasteiger partial charge in [0.1, 0.15) is 10.8 Å². The van der Waals surface area contributed by atoms with Crippen molar-refractivity contribution in [3.05, 3.63) is 11.2 Å². The SMILES string of the molecule is CCCCOCCCNc1nc(NC)ncc1Cl. The van der Waals surface area contributed by atoms with Crippen molar-refractivity contribution in [1.29, 1.82) is 0 Å². The van der Waals surface area contributed by atoms with Gasteiger partial charge in [0.05, 0.1) is 6.20 Å². The fourth-order valence-corrected chi connectivity index (χ4v) is 1.50. The molecule has 0 amide bonds. The van der Waals surface area contributed by atoms with Gasteiger partial charge in [-0.15, -0.1) is 0 Å². The van der Waals surface area contributed by atoms with E-state index in [1.807, 2.05) is 0 Å². The number of rotatable bonds is 9. The van der Waals surface area contributed by atoms with Gasteiger partial charge in [0.2, 0.25) is 5.95 Å². The smallest absolute Gasteiger partial charge is 0.224 e. The zero-order valence-electron chi connectivity index (χ0n) is 11.0. The molecule has 0 saturated carbocycles. The number of hydrogen-bond acceptors (Lipinski definition) is 5. The first-order valence-electron chi connectivity index (χ1n) is 6.29. The van der Waals surface area contributed by atoms with Gasteiger partial charge in [-0.05, 0) is 12.8 Å². The first-order valence-corrected chi connectivity index (χ1v) is 6.67. The van der Waals surface area contributed by atoms with Gasteiger partial charge in [0.15, 0.2) is 0 Å². The lowest BCUT2D eigenvalue weighted by molar-refractivity contribution is 0.131. The van der Waals surface area contributed by atoms with Crippen LogP contribution in [0.2, 0.25) is 5.02 Å². The van der Waals surface area contributed by atoms with Crippen molar-refractivity contribution in [3.63, 3.8) is 0 Å². The summed E-state index contributed by atoms with van der Waals surface area (Å²) in [5.74, 6) is 1.21. The summed E-state index contributed by atoms with van der Waals surface area (Å²) in [6.45, 7) is 4.54. The first kappa shape index (κ1) is 15.0. The zero-order chi connectivity index (χ0) is 13.2. The maximum atomic E-state index is 5.99. The molecular weight excluding hydrogens is 252 g/mol. The number of aromatic nitrogens is 2. The van der Waals surface area contributed by atoms with E-state index in [1.165, 1.54) is 6.42 Å². The third-order valence-electron chi connectivity index (χ3n) is 2.37. The van der Waals surface area contributed by atoms with Crippen LogP contribution in [-0.2, 0) is 4.74 Å². The summed E-state index contributed by atoms with van der Waals surface area (Å²) < 4.78 is 5.47. The largest absolute Gasteiger partial charge is 0.381 e. The highest BCUT2D eigenvalue weighted by Crippen LogP contribution is 2.18. The van der Waals surface area contributed by atoms with Gasteiger partial charge in [0, 0.05) is 26.8 Å². The lowest BCUT2D eigenvalue weighted by Gasteiger charge is -2.08. The molecule has 0 fully saturated rings. The lowest BCUT2D eigenvalue weighted by atomic mass is 10.3. The molecule has 0 atom stereocenters.